The van der Waals surface area contributed by atoms with E-state index in [1.807, 2.05) is 36.4 Å². The number of hydrogen-bond donors (Lipinski definition) is 1. The monoisotopic (exact) mass is 326 g/mol. The number of carboxylic acid groups (broad SMARTS) is 1. The number of aliphatic carboxylic acids is 1. The van der Waals surface area contributed by atoms with E-state index in [4.69, 9.17) is 14.6 Å². The van der Waals surface area contributed by atoms with Crippen molar-refractivity contribution in [3.63, 3.8) is 0 Å². The van der Waals surface area contributed by atoms with Crippen LogP contribution in [0, 0.1) is 0 Å². The molecule has 2 aromatic rings. The normalized spacial score (nSPS) is 16.3. The van der Waals surface area contributed by atoms with Gasteiger partial charge >= 0.3 is 5.97 Å². The molecule has 0 saturated heterocycles. The van der Waals surface area contributed by atoms with Crippen LogP contribution in [-0.2, 0) is 17.8 Å². The van der Waals surface area contributed by atoms with Gasteiger partial charge in [-0.15, -0.1) is 0 Å². The highest BCUT2D eigenvalue weighted by Gasteiger charge is 2.22. The second kappa shape index (κ2) is 7.39. The molecule has 3 rings (SSSR count). The van der Waals surface area contributed by atoms with Gasteiger partial charge < -0.3 is 14.6 Å². The van der Waals surface area contributed by atoms with Gasteiger partial charge in [0, 0.05) is 0 Å². The lowest BCUT2D eigenvalue weighted by atomic mass is 9.81. The topological polar surface area (TPSA) is 55.8 Å². The van der Waals surface area contributed by atoms with Crippen molar-refractivity contribution in [3.8, 4) is 11.5 Å². The first-order chi connectivity index (χ1) is 11.7. The molecule has 0 saturated carbocycles. The number of aryl methyl sites for hydroxylation is 1. The average Bonchev–Trinajstić information content (AvgIpc) is 2.60. The maximum atomic E-state index is 11.0. The fourth-order valence-corrected chi connectivity index (χ4v) is 3.29. The molecule has 1 N–H and O–H groups in total. The minimum Gasteiger partial charge on any atom is -0.497 e. The number of rotatable bonds is 6. The van der Waals surface area contributed by atoms with Crippen molar-refractivity contribution in [1.82, 2.24) is 0 Å². The predicted molar refractivity (Wildman–Crippen MR) is 91.7 cm³/mol. The van der Waals surface area contributed by atoms with Crippen LogP contribution >= 0.6 is 0 Å². The number of benzene rings is 2. The van der Waals surface area contributed by atoms with E-state index in [-0.39, 0.29) is 12.3 Å². The predicted octanol–water partition coefficient (Wildman–Crippen LogP) is 4.17. The molecule has 0 amide bonds. The Morgan fingerprint density at radius 1 is 1.17 bits per heavy atom. The highest BCUT2D eigenvalue weighted by atomic mass is 16.5. The fraction of sp³-hybridized carbons (Fsp3) is 0.350. The van der Waals surface area contributed by atoms with Crippen molar-refractivity contribution >= 4 is 5.97 Å². The molecular formula is C20H22O4. The summed E-state index contributed by atoms with van der Waals surface area (Å²) in [4.78, 5) is 11.0. The van der Waals surface area contributed by atoms with Gasteiger partial charge in [-0.2, -0.15) is 0 Å². The van der Waals surface area contributed by atoms with Gasteiger partial charge in [0.2, 0.25) is 0 Å². The third-order valence-corrected chi connectivity index (χ3v) is 4.54. The van der Waals surface area contributed by atoms with E-state index in [2.05, 4.69) is 6.07 Å². The van der Waals surface area contributed by atoms with E-state index in [0.29, 0.717) is 6.61 Å². The second-order valence-corrected chi connectivity index (χ2v) is 6.18. The molecule has 0 aromatic heterocycles. The number of ether oxygens (including phenoxy) is 2. The minimum absolute atomic E-state index is 0.127. The largest absolute Gasteiger partial charge is 0.497 e. The Morgan fingerprint density at radius 3 is 2.62 bits per heavy atom. The van der Waals surface area contributed by atoms with E-state index < -0.39 is 5.97 Å². The summed E-state index contributed by atoms with van der Waals surface area (Å²) in [5.74, 6) is 1.06. The lowest BCUT2D eigenvalue weighted by Gasteiger charge is -2.24. The molecule has 0 radical (unpaired) electrons. The van der Waals surface area contributed by atoms with Crippen molar-refractivity contribution in [2.24, 2.45) is 0 Å². The van der Waals surface area contributed by atoms with Crippen molar-refractivity contribution in [2.75, 3.05) is 7.11 Å². The smallest absolute Gasteiger partial charge is 0.303 e. The third kappa shape index (κ3) is 3.88. The van der Waals surface area contributed by atoms with E-state index >= 15 is 0 Å². The fourth-order valence-electron chi connectivity index (χ4n) is 3.29. The number of fused-ring (bicyclic) bond motifs is 1. The van der Waals surface area contributed by atoms with E-state index in [1.54, 1.807) is 7.11 Å². The molecule has 0 fully saturated rings. The van der Waals surface area contributed by atoms with Gasteiger partial charge in [-0.25, -0.2) is 0 Å². The third-order valence-electron chi connectivity index (χ3n) is 4.54. The number of carboxylic acids is 1. The Morgan fingerprint density at radius 2 is 1.92 bits per heavy atom. The zero-order valence-corrected chi connectivity index (χ0v) is 13.8. The molecule has 0 heterocycles. The lowest BCUT2D eigenvalue weighted by molar-refractivity contribution is -0.137. The Bertz CT molecular complexity index is 706. The number of hydrogen-bond acceptors (Lipinski definition) is 3. The van der Waals surface area contributed by atoms with Gasteiger partial charge in [-0.1, -0.05) is 18.2 Å². The molecule has 0 bridgehead atoms. The number of methoxy groups -OCH3 is 1. The molecule has 4 heteroatoms. The molecule has 4 nitrogen and oxygen atoms in total. The first-order valence-corrected chi connectivity index (χ1v) is 8.26. The van der Waals surface area contributed by atoms with Crippen LogP contribution in [0.1, 0.15) is 41.9 Å². The first kappa shape index (κ1) is 16.4. The Labute approximate surface area is 142 Å². The average molecular weight is 326 g/mol. The van der Waals surface area contributed by atoms with Gasteiger partial charge in [0.1, 0.15) is 18.1 Å². The zero-order chi connectivity index (χ0) is 16.9. The molecule has 24 heavy (non-hydrogen) atoms. The van der Waals surface area contributed by atoms with Gasteiger partial charge in [0.25, 0.3) is 0 Å². The van der Waals surface area contributed by atoms with E-state index in [0.717, 1.165) is 36.3 Å². The minimum atomic E-state index is -0.729. The zero-order valence-electron chi connectivity index (χ0n) is 13.8. The van der Waals surface area contributed by atoms with Crippen LogP contribution < -0.4 is 9.47 Å². The first-order valence-electron chi connectivity index (χ1n) is 8.26. The molecule has 1 atom stereocenters. The summed E-state index contributed by atoms with van der Waals surface area (Å²) < 4.78 is 11.0. The van der Waals surface area contributed by atoms with Crippen molar-refractivity contribution in [3.05, 3.63) is 59.2 Å². The van der Waals surface area contributed by atoms with Gasteiger partial charge in [0.15, 0.2) is 0 Å². The van der Waals surface area contributed by atoms with E-state index in [1.165, 1.54) is 11.1 Å². The summed E-state index contributed by atoms with van der Waals surface area (Å²) in [7, 11) is 1.65. The second-order valence-electron chi connectivity index (χ2n) is 6.18. The maximum Gasteiger partial charge on any atom is 0.303 e. The van der Waals surface area contributed by atoms with Crippen molar-refractivity contribution in [1.29, 1.82) is 0 Å². The van der Waals surface area contributed by atoms with Crippen molar-refractivity contribution in [2.45, 2.75) is 38.2 Å². The van der Waals surface area contributed by atoms with Gasteiger partial charge in [-0.3, -0.25) is 4.79 Å². The van der Waals surface area contributed by atoms with Crippen LogP contribution in [0.5, 0.6) is 11.5 Å². The van der Waals surface area contributed by atoms with Crippen LogP contribution in [0.2, 0.25) is 0 Å². The molecular weight excluding hydrogens is 304 g/mol. The summed E-state index contributed by atoms with van der Waals surface area (Å²) in [5.41, 5.74) is 3.47. The van der Waals surface area contributed by atoms with Crippen LogP contribution in [0.15, 0.2) is 42.5 Å². The van der Waals surface area contributed by atoms with E-state index in [9.17, 15) is 4.79 Å². The molecule has 1 aliphatic carbocycles. The molecule has 0 aliphatic heterocycles. The van der Waals surface area contributed by atoms with Crippen molar-refractivity contribution < 1.29 is 19.4 Å². The molecule has 2 aromatic carbocycles. The summed E-state index contributed by atoms with van der Waals surface area (Å²) in [6.45, 7) is 0.501. The van der Waals surface area contributed by atoms with Crippen LogP contribution in [-0.4, -0.2) is 18.2 Å². The Kier molecular flexibility index (Phi) is 5.04. The Balaban J connectivity index is 1.68. The van der Waals surface area contributed by atoms with Crippen LogP contribution in [0.3, 0.4) is 0 Å². The highest BCUT2D eigenvalue weighted by molar-refractivity contribution is 5.68. The number of carbonyl (C=O) groups is 1. The van der Waals surface area contributed by atoms with Crippen LogP contribution in [0.25, 0.3) is 0 Å². The SMILES string of the molecule is COc1ccc(COc2ccc3c(c2)CCCC3CC(=O)O)cc1. The summed E-state index contributed by atoms with van der Waals surface area (Å²) >= 11 is 0. The standard InChI is InChI=1S/C20H22O4/c1-23-17-7-5-14(6-8-17)13-24-18-9-10-19-15(11-18)3-2-4-16(19)12-20(21)22/h5-11,16H,2-4,12-13H2,1H3,(H,21,22). The molecule has 126 valence electrons. The molecule has 1 aliphatic rings. The van der Waals surface area contributed by atoms with Gasteiger partial charge in [0.05, 0.1) is 13.5 Å². The molecule has 0 spiro atoms. The quantitative estimate of drug-likeness (QED) is 0.865. The summed E-state index contributed by atoms with van der Waals surface area (Å²) in [5, 5.41) is 9.06. The van der Waals surface area contributed by atoms with Gasteiger partial charge in [-0.05, 0) is 66.1 Å². The Hall–Kier alpha value is -2.49. The molecule has 1 unspecified atom stereocenters. The van der Waals surface area contributed by atoms with Crippen LogP contribution in [0.4, 0.5) is 0 Å². The summed E-state index contributed by atoms with van der Waals surface area (Å²) in [6, 6.07) is 13.9. The lowest BCUT2D eigenvalue weighted by Crippen LogP contribution is -2.13. The maximum absolute atomic E-state index is 11.0. The summed E-state index contributed by atoms with van der Waals surface area (Å²) in [6.07, 6.45) is 3.18. The highest BCUT2D eigenvalue weighted by Crippen LogP contribution is 2.35.